The van der Waals surface area contributed by atoms with Gasteiger partial charge in [0.05, 0.1) is 13.5 Å². The van der Waals surface area contributed by atoms with Crippen LogP contribution in [-0.2, 0) is 19.6 Å². The Hall–Kier alpha value is -1.67. The number of halogens is 1. The molecule has 0 atom stereocenters. The van der Waals surface area contributed by atoms with Crippen LogP contribution in [0.3, 0.4) is 0 Å². The average Bonchev–Trinajstić information content (AvgIpc) is 2.39. The monoisotopic (exact) mass is 304 g/mol. The molecule has 112 valence electrons. The Morgan fingerprint density at radius 1 is 1.45 bits per heavy atom. The van der Waals surface area contributed by atoms with Crippen molar-refractivity contribution in [2.75, 3.05) is 26.4 Å². The first-order chi connectivity index (χ1) is 9.20. The Bertz CT molecular complexity index is 616. The van der Waals surface area contributed by atoms with E-state index in [0.29, 0.717) is 5.56 Å². The van der Waals surface area contributed by atoms with Crippen LogP contribution in [0.2, 0.25) is 0 Å². The second-order valence-corrected chi connectivity index (χ2v) is 6.31. The summed E-state index contributed by atoms with van der Waals surface area (Å²) in [5.41, 5.74) is 6.25. The molecule has 0 fully saturated rings. The molecule has 0 saturated carbocycles. The highest BCUT2D eigenvalue weighted by Crippen LogP contribution is 2.23. The molecule has 2 N–H and O–H groups in total. The predicted octanol–water partition coefficient (Wildman–Crippen LogP) is 0.900. The number of sulfonamides is 1. The number of ether oxygens (including phenoxy) is 1. The number of hydrogen-bond donors (Lipinski definition) is 1. The van der Waals surface area contributed by atoms with Crippen LogP contribution in [0.1, 0.15) is 12.0 Å². The molecule has 1 rings (SSSR count). The second-order valence-electron chi connectivity index (χ2n) is 4.29. The summed E-state index contributed by atoms with van der Waals surface area (Å²) in [7, 11) is -1.58. The minimum Gasteiger partial charge on any atom is -0.469 e. The van der Waals surface area contributed by atoms with Crippen LogP contribution in [0, 0.1) is 12.7 Å². The van der Waals surface area contributed by atoms with Crippen molar-refractivity contribution in [3.8, 4) is 0 Å². The van der Waals surface area contributed by atoms with Crippen molar-refractivity contribution in [2.24, 2.45) is 0 Å². The molecule has 6 nitrogen and oxygen atoms in total. The van der Waals surface area contributed by atoms with Crippen molar-refractivity contribution in [1.82, 2.24) is 4.31 Å². The quantitative estimate of drug-likeness (QED) is 0.645. The normalized spacial score (nSPS) is 11.7. The third kappa shape index (κ3) is 3.45. The Balaban J connectivity index is 3.04. The molecule has 20 heavy (non-hydrogen) atoms. The second kappa shape index (κ2) is 6.19. The zero-order valence-corrected chi connectivity index (χ0v) is 12.3. The van der Waals surface area contributed by atoms with E-state index in [-0.39, 0.29) is 18.7 Å². The van der Waals surface area contributed by atoms with Gasteiger partial charge in [-0.25, -0.2) is 17.1 Å². The van der Waals surface area contributed by atoms with Gasteiger partial charge in [0.1, 0.15) is 10.7 Å². The van der Waals surface area contributed by atoms with Gasteiger partial charge in [-0.05, 0) is 24.6 Å². The number of nitrogens with two attached hydrogens (primary N) is 1. The molecule has 0 aliphatic carbocycles. The number of rotatable bonds is 5. The lowest BCUT2D eigenvalue weighted by Gasteiger charge is -2.17. The number of aryl methyl sites for hydroxylation is 1. The van der Waals surface area contributed by atoms with E-state index in [9.17, 15) is 17.6 Å². The SMILES string of the molecule is COC(=O)CCN(C)S(=O)(=O)c1cc(N)c(C)cc1F. The molecule has 0 radical (unpaired) electrons. The number of nitrogens with zero attached hydrogens (tertiary/aromatic N) is 1. The van der Waals surface area contributed by atoms with Crippen LogP contribution in [0.15, 0.2) is 17.0 Å². The van der Waals surface area contributed by atoms with Gasteiger partial charge in [0, 0.05) is 19.3 Å². The van der Waals surface area contributed by atoms with Gasteiger partial charge < -0.3 is 10.5 Å². The number of nitrogen functional groups attached to an aromatic ring is 1. The van der Waals surface area contributed by atoms with Crippen molar-refractivity contribution in [1.29, 1.82) is 0 Å². The van der Waals surface area contributed by atoms with E-state index in [1.807, 2.05) is 0 Å². The highest BCUT2D eigenvalue weighted by atomic mass is 32.2. The fourth-order valence-electron chi connectivity index (χ4n) is 1.51. The smallest absolute Gasteiger partial charge is 0.306 e. The zero-order chi connectivity index (χ0) is 15.5. The fraction of sp³-hybridized carbons (Fsp3) is 0.417. The van der Waals surface area contributed by atoms with Gasteiger partial charge in [-0.15, -0.1) is 0 Å². The molecule has 8 heteroatoms. The van der Waals surface area contributed by atoms with Gasteiger partial charge in [0.2, 0.25) is 10.0 Å². The number of carbonyl (C=O) groups excluding carboxylic acids is 1. The summed E-state index contributed by atoms with van der Waals surface area (Å²) in [6, 6.07) is 2.14. The topological polar surface area (TPSA) is 89.7 Å². The maximum Gasteiger partial charge on any atom is 0.306 e. The number of benzene rings is 1. The van der Waals surface area contributed by atoms with E-state index in [0.717, 1.165) is 16.4 Å². The van der Waals surface area contributed by atoms with Crippen LogP contribution >= 0.6 is 0 Å². The van der Waals surface area contributed by atoms with E-state index in [1.165, 1.54) is 14.2 Å². The first kappa shape index (κ1) is 16.4. The Morgan fingerprint density at radius 3 is 2.60 bits per heavy atom. The minimum atomic E-state index is -4.04. The molecule has 0 aromatic heterocycles. The fourth-order valence-corrected chi connectivity index (χ4v) is 2.75. The molecule has 0 amide bonds. The number of esters is 1. The molecule has 1 aromatic carbocycles. The Kier molecular flexibility index (Phi) is 5.07. The summed E-state index contributed by atoms with van der Waals surface area (Å²) in [6.45, 7) is 1.47. The first-order valence-corrected chi connectivity index (χ1v) is 7.23. The van der Waals surface area contributed by atoms with Crippen LogP contribution in [-0.4, -0.2) is 39.4 Å². The molecule has 1 aromatic rings. The van der Waals surface area contributed by atoms with Crippen molar-refractivity contribution >= 4 is 21.7 Å². The van der Waals surface area contributed by atoms with Crippen LogP contribution < -0.4 is 5.73 Å². The van der Waals surface area contributed by atoms with Crippen molar-refractivity contribution in [2.45, 2.75) is 18.2 Å². The minimum absolute atomic E-state index is 0.109. The number of anilines is 1. The van der Waals surface area contributed by atoms with E-state index in [2.05, 4.69) is 4.74 Å². The maximum atomic E-state index is 13.8. The first-order valence-electron chi connectivity index (χ1n) is 5.79. The zero-order valence-electron chi connectivity index (χ0n) is 11.5. The van der Waals surface area contributed by atoms with E-state index < -0.39 is 26.7 Å². The molecule has 0 saturated heterocycles. The number of methoxy groups -OCH3 is 1. The van der Waals surface area contributed by atoms with E-state index in [4.69, 9.17) is 5.73 Å². The Morgan fingerprint density at radius 2 is 2.05 bits per heavy atom. The van der Waals surface area contributed by atoms with Gasteiger partial charge in [0.25, 0.3) is 0 Å². The van der Waals surface area contributed by atoms with Gasteiger partial charge in [0.15, 0.2) is 0 Å². The third-order valence-electron chi connectivity index (χ3n) is 2.87. The summed E-state index contributed by atoms with van der Waals surface area (Å²) in [5.74, 6) is -1.42. The largest absolute Gasteiger partial charge is 0.469 e. The van der Waals surface area contributed by atoms with Crippen molar-refractivity contribution in [3.63, 3.8) is 0 Å². The lowest BCUT2D eigenvalue weighted by Crippen LogP contribution is -2.30. The van der Waals surface area contributed by atoms with Crippen LogP contribution in [0.4, 0.5) is 10.1 Å². The lowest BCUT2D eigenvalue weighted by atomic mass is 10.2. The third-order valence-corrected chi connectivity index (χ3v) is 4.74. The molecule has 0 aliphatic rings. The summed E-state index contributed by atoms with van der Waals surface area (Å²) in [4.78, 5) is 10.5. The molecule has 0 bridgehead atoms. The van der Waals surface area contributed by atoms with Gasteiger partial charge in [-0.1, -0.05) is 0 Å². The summed E-state index contributed by atoms with van der Waals surface area (Å²) in [5, 5.41) is 0. The van der Waals surface area contributed by atoms with Crippen LogP contribution in [0.5, 0.6) is 0 Å². The maximum absolute atomic E-state index is 13.8. The predicted molar refractivity (Wildman–Crippen MR) is 72.0 cm³/mol. The molecular weight excluding hydrogens is 287 g/mol. The van der Waals surface area contributed by atoms with Gasteiger partial charge in [-0.3, -0.25) is 4.79 Å². The van der Waals surface area contributed by atoms with E-state index >= 15 is 0 Å². The Labute approximate surface area is 117 Å². The lowest BCUT2D eigenvalue weighted by molar-refractivity contribution is -0.140. The molecule has 0 unspecified atom stereocenters. The summed E-state index contributed by atoms with van der Waals surface area (Å²) >= 11 is 0. The van der Waals surface area contributed by atoms with E-state index in [1.54, 1.807) is 6.92 Å². The average molecular weight is 304 g/mol. The highest BCUT2D eigenvalue weighted by Gasteiger charge is 2.25. The van der Waals surface area contributed by atoms with Crippen LogP contribution in [0.25, 0.3) is 0 Å². The van der Waals surface area contributed by atoms with Gasteiger partial charge in [-0.2, -0.15) is 0 Å². The van der Waals surface area contributed by atoms with Gasteiger partial charge >= 0.3 is 5.97 Å². The standard InChI is InChI=1S/C12H17FN2O4S/c1-8-6-9(13)11(7-10(8)14)20(17,18)15(2)5-4-12(16)19-3/h6-7H,4-5,14H2,1-3H3. The molecule has 0 spiro atoms. The van der Waals surface area contributed by atoms with Crippen molar-refractivity contribution in [3.05, 3.63) is 23.5 Å². The highest BCUT2D eigenvalue weighted by molar-refractivity contribution is 7.89. The molecule has 0 heterocycles. The van der Waals surface area contributed by atoms with Crippen molar-refractivity contribution < 1.29 is 22.3 Å². The molecular formula is C12H17FN2O4S. The summed E-state index contributed by atoms with van der Waals surface area (Å²) in [6.07, 6.45) is -0.116. The summed E-state index contributed by atoms with van der Waals surface area (Å²) < 4.78 is 43.5. The number of carbonyl (C=O) groups is 1. The molecule has 0 aliphatic heterocycles. The number of hydrogen-bond acceptors (Lipinski definition) is 5.